The highest BCUT2D eigenvalue weighted by molar-refractivity contribution is 6.00. The zero-order chi connectivity index (χ0) is 20.9. The van der Waals surface area contributed by atoms with Crippen molar-refractivity contribution in [3.05, 3.63) is 81.0 Å². The zero-order valence-electron chi connectivity index (χ0n) is 16.8. The molecule has 2 heterocycles. The van der Waals surface area contributed by atoms with E-state index in [1.54, 1.807) is 12.1 Å². The summed E-state index contributed by atoms with van der Waals surface area (Å²) < 4.78 is 0. The highest BCUT2D eigenvalue weighted by Crippen LogP contribution is 2.46. The van der Waals surface area contributed by atoms with Gasteiger partial charge in [-0.3, -0.25) is 20.0 Å². The Labute approximate surface area is 168 Å². The van der Waals surface area contributed by atoms with E-state index in [-0.39, 0.29) is 17.6 Å². The summed E-state index contributed by atoms with van der Waals surface area (Å²) in [6.07, 6.45) is 0. The predicted molar refractivity (Wildman–Crippen MR) is 110 cm³/mol. The number of aromatic nitrogens is 2. The van der Waals surface area contributed by atoms with E-state index in [4.69, 9.17) is 0 Å². The first-order valence-corrected chi connectivity index (χ1v) is 9.42. The molecule has 148 valence electrons. The molecule has 0 saturated heterocycles. The maximum absolute atomic E-state index is 13.2. The Kier molecular flexibility index (Phi) is 4.26. The number of amides is 1. The van der Waals surface area contributed by atoms with Gasteiger partial charge in [0.25, 0.3) is 11.6 Å². The Hall–Kier alpha value is -3.48. The number of nitro groups is 1. The van der Waals surface area contributed by atoms with Crippen molar-refractivity contribution >= 4 is 11.6 Å². The first-order valence-electron chi connectivity index (χ1n) is 9.42. The lowest BCUT2D eigenvalue weighted by Gasteiger charge is -2.37. The number of non-ortho nitro benzene ring substituents is 1. The molecule has 1 unspecified atom stereocenters. The van der Waals surface area contributed by atoms with Crippen LogP contribution < -0.4 is 0 Å². The highest BCUT2D eigenvalue weighted by Gasteiger charge is 2.46. The van der Waals surface area contributed by atoms with E-state index < -0.39 is 10.5 Å². The number of aromatic amines is 1. The van der Waals surface area contributed by atoms with E-state index in [1.165, 1.54) is 12.1 Å². The lowest BCUT2D eigenvalue weighted by molar-refractivity contribution is -0.384. The largest absolute Gasteiger partial charge is 0.321 e. The summed E-state index contributed by atoms with van der Waals surface area (Å²) in [6.45, 7) is 7.96. The average Bonchev–Trinajstić information content (AvgIpc) is 3.21. The summed E-state index contributed by atoms with van der Waals surface area (Å²) in [4.78, 5) is 25.7. The van der Waals surface area contributed by atoms with Crippen molar-refractivity contribution in [2.24, 2.45) is 0 Å². The molecule has 4 rings (SSSR count). The normalized spacial score (nSPS) is 16.2. The summed E-state index contributed by atoms with van der Waals surface area (Å²) in [7, 11) is 0. The van der Waals surface area contributed by atoms with Crippen molar-refractivity contribution in [3.8, 4) is 11.3 Å². The van der Waals surface area contributed by atoms with Crippen LogP contribution in [0.2, 0.25) is 0 Å². The van der Waals surface area contributed by atoms with Crippen molar-refractivity contribution in [3.63, 3.8) is 0 Å². The number of fused-ring (bicyclic) bond motifs is 1. The minimum Gasteiger partial charge on any atom is -0.321 e. The zero-order valence-corrected chi connectivity index (χ0v) is 16.8. The SMILES string of the molecule is Cc1ccc(-c2n[nH]c3c2C(c2ccc([N+](=O)[O-])cc2)N(C(C)(C)C)C3=O)cc1. The smallest absolute Gasteiger partial charge is 0.273 e. The number of hydrogen-bond acceptors (Lipinski definition) is 4. The third kappa shape index (κ3) is 3.08. The summed E-state index contributed by atoms with van der Waals surface area (Å²) in [5, 5.41) is 18.4. The van der Waals surface area contributed by atoms with Gasteiger partial charge in [0.15, 0.2) is 0 Å². The molecule has 0 aliphatic carbocycles. The van der Waals surface area contributed by atoms with Crippen molar-refractivity contribution in [2.75, 3.05) is 0 Å². The number of carbonyl (C=O) groups excluding carboxylic acids is 1. The van der Waals surface area contributed by atoms with Gasteiger partial charge >= 0.3 is 0 Å². The van der Waals surface area contributed by atoms with Crippen molar-refractivity contribution in [1.29, 1.82) is 0 Å². The summed E-state index contributed by atoms with van der Waals surface area (Å²) in [6, 6.07) is 14.0. The number of rotatable bonds is 3. The number of aryl methyl sites for hydroxylation is 1. The first kappa shape index (κ1) is 18.9. The van der Waals surface area contributed by atoms with Crippen LogP contribution in [0, 0.1) is 17.0 Å². The quantitative estimate of drug-likeness (QED) is 0.521. The molecule has 0 spiro atoms. The second-order valence-corrected chi connectivity index (χ2v) is 8.32. The van der Waals surface area contributed by atoms with E-state index in [0.29, 0.717) is 5.69 Å². The van der Waals surface area contributed by atoms with Gasteiger partial charge in [-0.15, -0.1) is 0 Å². The molecule has 29 heavy (non-hydrogen) atoms. The van der Waals surface area contributed by atoms with Gasteiger partial charge < -0.3 is 4.90 Å². The lowest BCUT2D eigenvalue weighted by Crippen LogP contribution is -2.44. The fourth-order valence-electron chi connectivity index (χ4n) is 3.86. The molecule has 0 radical (unpaired) electrons. The number of nitrogens with zero attached hydrogens (tertiary/aromatic N) is 3. The highest BCUT2D eigenvalue weighted by atomic mass is 16.6. The molecule has 0 fully saturated rings. The Morgan fingerprint density at radius 2 is 1.69 bits per heavy atom. The molecule has 7 nitrogen and oxygen atoms in total. The van der Waals surface area contributed by atoms with Crippen molar-refractivity contribution < 1.29 is 9.72 Å². The molecule has 1 aliphatic rings. The third-order valence-corrected chi connectivity index (χ3v) is 5.24. The van der Waals surface area contributed by atoms with Gasteiger partial charge in [0, 0.05) is 28.8 Å². The van der Waals surface area contributed by atoms with E-state index in [9.17, 15) is 14.9 Å². The van der Waals surface area contributed by atoms with Gasteiger partial charge in [0.1, 0.15) is 5.69 Å². The van der Waals surface area contributed by atoms with E-state index in [2.05, 4.69) is 10.2 Å². The predicted octanol–water partition coefficient (Wildman–Crippen LogP) is 4.64. The fourth-order valence-corrected chi connectivity index (χ4v) is 3.86. The molecule has 3 aromatic rings. The molecule has 7 heteroatoms. The first-order chi connectivity index (χ1) is 13.7. The molecule has 1 aliphatic heterocycles. The monoisotopic (exact) mass is 390 g/mol. The summed E-state index contributed by atoms with van der Waals surface area (Å²) in [5.74, 6) is -0.123. The number of benzene rings is 2. The van der Waals surface area contributed by atoms with E-state index >= 15 is 0 Å². The van der Waals surface area contributed by atoms with Crippen LogP contribution in [-0.2, 0) is 0 Å². The lowest BCUT2D eigenvalue weighted by atomic mass is 9.93. The maximum atomic E-state index is 13.2. The summed E-state index contributed by atoms with van der Waals surface area (Å²) >= 11 is 0. The number of nitro benzene ring substituents is 1. The van der Waals surface area contributed by atoms with E-state index in [1.807, 2.05) is 56.9 Å². The molecule has 1 aromatic heterocycles. The average molecular weight is 390 g/mol. The molecule has 2 aromatic carbocycles. The van der Waals surface area contributed by atoms with Gasteiger partial charge in [-0.1, -0.05) is 29.8 Å². The van der Waals surface area contributed by atoms with Gasteiger partial charge in [-0.2, -0.15) is 5.10 Å². The van der Waals surface area contributed by atoms with Gasteiger partial charge in [0.2, 0.25) is 0 Å². The molecule has 0 saturated carbocycles. The van der Waals surface area contributed by atoms with Crippen LogP contribution in [0.5, 0.6) is 0 Å². The van der Waals surface area contributed by atoms with Crippen LogP contribution in [0.25, 0.3) is 11.3 Å². The third-order valence-electron chi connectivity index (χ3n) is 5.24. The van der Waals surface area contributed by atoms with Gasteiger partial charge in [-0.25, -0.2) is 0 Å². The Balaban J connectivity index is 1.90. The molecular weight excluding hydrogens is 368 g/mol. The Morgan fingerprint density at radius 3 is 2.24 bits per heavy atom. The number of nitrogens with one attached hydrogen (secondary N) is 1. The Bertz CT molecular complexity index is 1090. The van der Waals surface area contributed by atoms with Crippen LogP contribution in [0.3, 0.4) is 0 Å². The topological polar surface area (TPSA) is 92.1 Å². The van der Waals surface area contributed by atoms with Crippen LogP contribution in [0.4, 0.5) is 5.69 Å². The number of hydrogen-bond donors (Lipinski definition) is 1. The molecule has 1 N–H and O–H groups in total. The second-order valence-electron chi connectivity index (χ2n) is 8.32. The molecule has 1 amide bonds. The van der Waals surface area contributed by atoms with Crippen LogP contribution in [0.1, 0.15) is 54.0 Å². The van der Waals surface area contributed by atoms with E-state index in [0.717, 1.165) is 27.9 Å². The minimum absolute atomic E-state index is 0.0200. The number of carbonyl (C=O) groups is 1. The minimum atomic E-state index is -0.450. The molecule has 1 atom stereocenters. The number of H-pyrrole nitrogens is 1. The maximum Gasteiger partial charge on any atom is 0.273 e. The molecule has 0 bridgehead atoms. The van der Waals surface area contributed by atoms with Gasteiger partial charge in [0.05, 0.1) is 16.7 Å². The van der Waals surface area contributed by atoms with Crippen LogP contribution >= 0.6 is 0 Å². The standard InChI is InChI=1S/C22H22N4O3/c1-13-5-7-14(8-6-13)18-17-19(24-23-18)21(27)25(22(2,3)4)20(17)15-9-11-16(12-10-15)26(28)29/h5-12,20H,1-4H3,(H,23,24). The Morgan fingerprint density at radius 1 is 1.07 bits per heavy atom. The van der Waals surface area contributed by atoms with Crippen LogP contribution in [-0.4, -0.2) is 31.5 Å². The molecular formula is C22H22N4O3. The van der Waals surface area contributed by atoms with Gasteiger partial charge in [-0.05, 0) is 45.4 Å². The van der Waals surface area contributed by atoms with Crippen LogP contribution in [0.15, 0.2) is 48.5 Å². The fraction of sp³-hybridized carbons (Fsp3) is 0.273. The summed E-state index contributed by atoms with van der Waals surface area (Å²) in [5.41, 5.74) is 4.45. The van der Waals surface area contributed by atoms with Crippen molar-refractivity contribution in [2.45, 2.75) is 39.3 Å². The van der Waals surface area contributed by atoms with Crippen molar-refractivity contribution in [1.82, 2.24) is 15.1 Å². The second kappa shape index (κ2) is 6.55.